The molecule has 0 fully saturated rings. The van der Waals surface area contributed by atoms with Crippen LogP contribution in [0.25, 0.3) is 0 Å². The molecule has 0 aliphatic rings. The summed E-state index contributed by atoms with van der Waals surface area (Å²) >= 11 is 16.1. The van der Waals surface area contributed by atoms with Crippen molar-refractivity contribution in [3.63, 3.8) is 0 Å². The summed E-state index contributed by atoms with van der Waals surface area (Å²) < 4.78 is 10.7. The SMILES string of the molecule is COc1cc(C)c(C(Br)c2cc(Cl)ccc2Cl)cc1OC. The highest BCUT2D eigenvalue weighted by atomic mass is 79.9. The van der Waals surface area contributed by atoms with Gasteiger partial charge in [-0.1, -0.05) is 39.1 Å². The molecule has 0 N–H and O–H groups in total. The lowest BCUT2D eigenvalue weighted by Crippen LogP contribution is -2.00. The van der Waals surface area contributed by atoms with E-state index in [9.17, 15) is 0 Å². The third-order valence-corrected chi connectivity index (χ3v) is 4.84. The van der Waals surface area contributed by atoms with Crippen LogP contribution < -0.4 is 9.47 Å². The van der Waals surface area contributed by atoms with E-state index in [4.69, 9.17) is 32.7 Å². The van der Waals surface area contributed by atoms with Gasteiger partial charge in [-0.05, 0) is 53.9 Å². The number of alkyl halides is 1. The lowest BCUT2D eigenvalue weighted by Gasteiger charge is -2.18. The van der Waals surface area contributed by atoms with Crippen LogP contribution in [0.15, 0.2) is 30.3 Å². The van der Waals surface area contributed by atoms with E-state index in [1.54, 1.807) is 26.4 Å². The van der Waals surface area contributed by atoms with Crippen LogP contribution in [0.2, 0.25) is 10.0 Å². The number of rotatable bonds is 4. The molecule has 2 aromatic carbocycles. The number of hydrogen-bond acceptors (Lipinski definition) is 2. The molecule has 0 bridgehead atoms. The Hall–Kier alpha value is -0.900. The molecular weight excluding hydrogens is 375 g/mol. The van der Waals surface area contributed by atoms with Crippen molar-refractivity contribution >= 4 is 39.1 Å². The predicted molar refractivity (Wildman–Crippen MR) is 91.5 cm³/mol. The van der Waals surface area contributed by atoms with Gasteiger partial charge in [-0.2, -0.15) is 0 Å². The van der Waals surface area contributed by atoms with Gasteiger partial charge in [-0.15, -0.1) is 0 Å². The van der Waals surface area contributed by atoms with E-state index < -0.39 is 0 Å². The van der Waals surface area contributed by atoms with Crippen LogP contribution in [0.1, 0.15) is 21.5 Å². The first-order valence-electron chi connectivity index (χ1n) is 6.29. The third-order valence-electron chi connectivity index (χ3n) is 3.28. The molecule has 2 nitrogen and oxygen atoms in total. The molecule has 1 unspecified atom stereocenters. The highest BCUT2D eigenvalue weighted by Crippen LogP contribution is 2.41. The molecule has 0 spiro atoms. The lowest BCUT2D eigenvalue weighted by atomic mass is 9.99. The molecule has 2 aromatic rings. The molecule has 112 valence electrons. The van der Waals surface area contributed by atoms with Crippen LogP contribution in [0.3, 0.4) is 0 Å². The quantitative estimate of drug-likeness (QED) is 0.615. The van der Waals surface area contributed by atoms with E-state index in [2.05, 4.69) is 15.9 Å². The minimum absolute atomic E-state index is 0.0801. The zero-order chi connectivity index (χ0) is 15.6. The van der Waals surface area contributed by atoms with Crippen molar-refractivity contribution in [3.05, 3.63) is 57.1 Å². The maximum Gasteiger partial charge on any atom is 0.161 e. The molecule has 0 heterocycles. The van der Waals surface area contributed by atoms with E-state index in [1.165, 1.54) is 0 Å². The van der Waals surface area contributed by atoms with E-state index in [0.717, 1.165) is 16.7 Å². The van der Waals surface area contributed by atoms with Crippen LogP contribution in [-0.4, -0.2) is 14.2 Å². The number of benzene rings is 2. The van der Waals surface area contributed by atoms with Crippen molar-refractivity contribution in [1.29, 1.82) is 0 Å². The van der Waals surface area contributed by atoms with Crippen LogP contribution in [0, 0.1) is 6.92 Å². The molecular formula is C16H15BrCl2O2. The van der Waals surface area contributed by atoms with Crippen molar-refractivity contribution < 1.29 is 9.47 Å². The topological polar surface area (TPSA) is 18.5 Å². The van der Waals surface area contributed by atoms with Gasteiger partial charge in [0.1, 0.15) is 0 Å². The van der Waals surface area contributed by atoms with Gasteiger partial charge >= 0.3 is 0 Å². The Balaban J connectivity index is 2.52. The maximum atomic E-state index is 6.28. The highest BCUT2D eigenvalue weighted by molar-refractivity contribution is 9.09. The minimum atomic E-state index is -0.0801. The molecule has 0 radical (unpaired) electrons. The van der Waals surface area contributed by atoms with Gasteiger partial charge in [0.15, 0.2) is 11.5 Å². The average Bonchev–Trinajstić information content (AvgIpc) is 2.48. The number of ether oxygens (including phenoxy) is 2. The first kappa shape index (κ1) is 16.5. The fourth-order valence-electron chi connectivity index (χ4n) is 2.15. The van der Waals surface area contributed by atoms with Crippen LogP contribution in [0.5, 0.6) is 11.5 Å². The van der Waals surface area contributed by atoms with E-state index in [1.807, 2.05) is 25.1 Å². The van der Waals surface area contributed by atoms with Gasteiger partial charge in [-0.25, -0.2) is 0 Å². The molecule has 0 saturated heterocycles. The zero-order valence-corrected chi connectivity index (χ0v) is 15.0. The summed E-state index contributed by atoms with van der Waals surface area (Å²) in [7, 11) is 3.24. The van der Waals surface area contributed by atoms with Gasteiger partial charge in [0.05, 0.1) is 19.0 Å². The van der Waals surface area contributed by atoms with Crippen molar-refractivity contribution in [2.24, 2.45) is 0 Å². The zero-order valence-electron chi connectivity index (χ0n) is 11.9. The molecule has 0 saturated carbocycles. The minimum Gasteiger partial charge on any atom is -0.493 e. The molecule has 0 aliphatic carbocycles. The second-order valence-corrected chi connectivity index (χ2v) is 6.35. The fraction of sp³-hybridized carbons (Fsp3) is 0.250. The molecule has 0 aliphatic heterocycles. The molecule has 0 aromatic heterocycles. The van der Waals surface area contributed by atoms with Crippen molar-refractivity contribution in [3.8, 4) is 11.5 Å². The average molecular weight is 390 g/mol. The Morgan fingerprint density at radius 3 is 2.19 bits per heavy atom. The Labute approximate surface area is 143 Å². The molecule has 5 heteroatoms. The predicted octanol–water partition coefficient (Wildman–Crippen LogP) is 5.80. The summed E-state index contributed by atoms with van der Waals surface area (Å²) in [5.41, 5.74) is 3.04. The second kappa shape index (κ2) is 6.91. The van der Waals surface area contributed by atoms with E-state index in [0.29, 0.717) is 21.5 Å². The van der Waals surface area contributed by atoms with Gasteiger partial charge < -0.3 is 9.47 Å². The number of hydrogen-bond donors (Lipinski definition) is 0. The largest absolute Gasteiger partial charge is 0.493 e. The summed E-state index contributed by atoms with van der Waals surface area (Å²) in [5.74, 6) is 1.39. The molecule has 2 rings (SSSR count). The Morgan fingerprint density at radius 1 is 0.952 bits per heavy atom. The highest BCUT2D eigenvalue weighted by Gasteiger charge is 2.19. The first-order chi connectivity index (χ1) is 9.97. The fourth-order valence-corrected chi connectivity index (χ4v) is 3.56. The number of halogens is 3. The normalized spacial score (nSPS) is 12.1. The Kier molecular flexibility index (Phi) is 5.42. The van der Waals surface area contributed by atoms with Crippen LogP contribution in [-0.2, 0) is 0 Å². The number of methoxy groups -OCH3 is 2. The Morgan fingerprint density at radius 2 is 1.57 bits per heavy atom. The third kappa shape index (κ3) is 3.47. The monoisotopic (exact) mass is 388 g/mol. The summed E-state index contributed by atoms with van der Waals surface area (Å²) in [6, 6.07) is 9.32. The Bertz CT molecular complexity index is 659. The molecule has 21 heavy (non-hydrogen) atoms. The summed E-state index contributed by atoms with van der Waals surface area (Å²) in [6.45, 7) is 2.02. The van der Waals surface area contributed by atoms with E-state index >= 15 is 0 Å². The van der Waals surface area contributed by atoms with Crippen LogP contribution in [0.4, 0.5) is 0 Å². The van der Waals surface area contributed by atoms with Crippen molar-refractivity contribution in [1.82, 2.24) is 0 Å². The van der Waals surface area contributed by atoms with Gasteiger partial charge in [0.2, 0.25) is 0 Å². The van der Waals surface area contributed by atoms with Gasteiger partial charge in [0, 0.05) is 10.0 Å². The van der Waals surface area contributed by atoms with Crippen molar-refractivity contribution in [2.75, 3.05) is 14.2 Å². The summed E-state index contributed by atoms with van der Waals surface area (Å²) in [5, 5.41) is 1.31. The smallest absolute Gasteiger partial charge is 0.161 e. The maximum absolute atomic E-state index is 6.28. The first-order valence-corrected chi connectivity index (χ1v) is 7.96. The second-order valence-electron chi connectivity index (χ2n) is 4.59. The van der Waals surface area contributed by atoms with Gasteiger partial charge in [-0.3, -0.25) is 0 Å². The lowest BCUT2D eigenvalue weighted by molar-refractivity contribution is 0.354. The van der Waals surface area contributed by atoms with E-state index in [-0.39, 0.29) is 4.83 Å². The molecule has 0 amide bonds. The number of aryl methyl sites for hydroxylation is 1. The molecule has 1 atom stereocenters. The summed E-state index contributed by atoms with van der Waals surface area (Å²) in [4.78, 5) is -0.0801. The van der Waals surface area contributed by atoms with Crippen LogP contribution >= 0.6 is 39.1 Å². The standard InChI is InChI=1S/C16H15BrCl2O2/c1-9-6-14(20-2)15(21-3)8-11(9)16(17)12-7-10(18)4-5-13(12)19/h4-8,16H,1-3H3. The van der Waals surface area contributed by atoms with Crippen molar-refractivity contribution in [2.45, 2.75) is 11.8 Å². The summed E-state index contributed by atoms with van der Waals surface area (Å²) in [6.07, 6.45) is 0. The van der Waals surface area contributed by atoms with Gasteiger partial charge in [0.25, 0.3) is 0 Å².